The number of aliphatic hydroxyl groups is 1. The summed E-state index contributed by atoms with van der Waals surface area (Å²) in [4.78, 5) is 31.2. The molecule has 0 bridgehead atoms. The van der Waals surface area contributed by atoms with Gasteiger partial charge < -0.3 is 19.5 Å². The fraction of sp³-hybridized carbons (Fsp3) is 0.286. The highest BCUT2D eigenvalue weighted by Crippen LogP contribution is 2.41. The molecule has 1 aromatic heterocycles. The molecule has 2 aromatic rings. The van der Waals surface area contributed by atoms with Gasteiger partial charge in [-0.2, -0.15) is 0 Å². The highest BCUT2D eigenvalue weighted by molar-refractivity contribution is 6.46. The van der Waals surface area contributed by atoms with Gasteiger partial charge in [0, 0.05) is 24.5 Å². The second kappa shape index (κ2) is 7.34. The monoisotopic (exact) mass is 380 g/mol. The maximum Gasteiger partial charge on any atom is 0.295 e. The van der Waals surface area contributed by atoms with Crippen LogP contribution in [0.5, 0.6) is 11.5 Å². The lowest BCUT2D eigenvalue weighted by Gasteiger charge is -2.24. The molecule has 0 aliphatic carbocycles. The number of Topliss-reactive ketones (excluding diaryl/α,β-unsaturated/α-hetero) is 1. The van der Waals surface area contributed by atoms with E-state index in [9.17, 15) is 14.7 Å². The molecule has 2 aliphatic heterocycles. The number of unbranched alkanes of at least 4 members (excludes halogenated alkanes) is 1. The smallest absolute Gasteiger partial charge is 0.295 e. The number of hydrogen-bond acceptors (Lipinski definition) is 6. The number of hydrogen-bond donors (Lipinski definition) is 1. The van der Waals surface area contributed by atoms with Crippen LogP contribution < -0.4 is 9.47 Å². The number of nitrogens with zero attached hydrogens (tertiary/aromatic N) is 2. The summed E-state index contributed by atoms with van der Waals surface area (Å²) in [5.74, 6) is -0.472. The van der Waals surface area contributed by atoms with Gasteiger partial charge in [-0.1, -0.05) is 19.4 Å². The van der Waals surface area contributed by atoms with Crippen LogP contribution in [0, 0.1) is 0 Å². The largest absolute Gasteiger partial charge is 0.507 e. The van der Waals surface area contributed by atoms with Crippen molar-refractivity contribution in [3.8, 4) is 11.5 Å². The van der Waals surface area contributed by atoms with E-state index in [1.807, 2.05) is 6.92 Å². The van der Waals surface area contributed by atoms with Gasteiger partial charge in [-0.25, -0.2) is 0 Å². The Hall–Kier alpha value is -3.35. The lowest BCUT2D eigenvalue weighted by atomic mass is 9.96. The standard InChI is InChI=1S/C21H20N2O5/c1-2-3-9-23-18(14-5-4-8-22-11-14)17(20(25)21(23)26)19(24)13-6-7-15-16(10-13)28-12-27-15/h4-8,10-11,18,24H,2-3,9,12H2,1H3/b19-17-. The van der Waals surface area contributed by atoms with Gasteiger partial charge in [0.15, 0.2) is 11.5 Å². The second-order valence-corrected chi connectivity index (χ2v) is 6.70. The maximum absolute atomic E-state index is 12.8. The molecule has 2 aliphatic rings. The molecule has 1 aromatic carbocycles. The number of pyridine rings is 1. The zero-order chi connectivity index (χ0) is 19.7. The molecule has 1 amide bonds. The fourth-order valence-corrected chi connectivity index (χ4v) is 3.52. The van der Waals surface area contributed by atoms with E-state index in [0.29, 0.717) is 29.2 Å². The predicted molar refractivity (Wildman–Crippen MR) is 101 cm³/mol. The van der Waals surface area contributed by atoms with E-state index >= 15 is 0 Å². The number of fused-ring (bicyclic) bond motifs is 1. The van der Waals surface area contributed by atoms with Crippen molar-refractivity contribution < 1.29 is 24.2 Å². The number of benzene rings is 1. The van der Waals surface area contributed by atoms with Crippen molar-refractivity contribution in [3.63, 3.8) is 0 Å². The van der Waals surface area contributed by atoms with Crippen molar-refractivity contribution in [1.82, 2.24) is 9.88 Å². The van der Waals surface area contributed by atoms with Crippen molar-refractivity contribution in [3.05, 3.63) is 59.4 Å². The van der Waals surface area contributed by atoms with Gasteiger partial charge in [0.1, 0.15) is 5.76 Å². The van der Waals surface area contributed by atoms with E-state index in [2.05, 4.69) is 4.98 Å². The minimum atomic E-state index is -0.694. The number of amides is 1. The molecule has 1 saturated heterocycles. The Morgan fingerprint density at radius 2 is 2.07 bits per heavy atom. The van der Waals surface area contributed by atoms with Crippen LogP contribution >= 0.6 is 0 Å². The number of carbonyl (C=O) groups is 2. The van der Waals surface area contributed by atoms with Gasteiger partial charge >= 0.3 is 0 Å². The molecule has 7 heteroatoms. The zero-order valence-corrected chi connectivity index (χ0v) is 15.4. The van der Waals surface area contributed by atoms with Gasteiger partial charge in [0.25, 0.3) is 11.7 Å². The molecule has 3 heterocycles. The van der Waals surface area contributed by atoms with Crippen LogP contribution in [0.3, 0.4) is 0 Å². The number of ketones is 1. The van der Waals surface area contributed by atoms with Crippen LogP contribution in [0.1, 0.15) is 36.9 Å². The Kier molecular flexibility index (Phi) is 4.73. The summed E-state index contributed by atoms with van der Waals surface area (Å²) < 4.78 is 10.6. The van der Waals surface area contributed by atoms with Gasteiger partial charge in [0.2, 0.25) is 6.79 Å². The SMILES string of the molecule is CCCCN1C(=O)C(=O)/C(=C(\O)c2ccc3c(c2)OCO3)C1c1cccnc1. The summed E-state index contributed by atoms with van der Waals surface area (Å²) in [6.45, 7) is 2.55. The van der Waals surface area contributed by atoms with E-state index in [4.69, 9.17) is 9.47 Å². The minimum absolute atomic E-state index is 0.0629. The second-order valence-electron chi connectivity index (χ2n) is 6.70. The number of ether oxygens (including phenoxy) is 2. The summed E-state index contributed by atoms with van der Waals surface area (Å²) >= 11 is 0. The summed E-state index contributed by atoms with van der Waals surface area (Å²) in [6, 6.07) is 7.79. The Balaban J connectivity index is 1.83. The number of aromatic nitrogens is 1. The molecule has 0 radical (unpaired) electrons. The van der Waals surface area contributed by atoms with E-state index < -0.39 is 17.7 Å². The number of rotatable bonds is 5. The van der Waals surface area contributed by atoms with Gasteiger partial charge in [-0.15, -0.1) is 0 Å². The number of carbonyl (C=O) groups excluding carboxylic acids is 2. The summed E-state index contributed by atoms with van der Waals surface area (Å²) in [6.07, 6.45) is 4.88. The van der Waals surface area contributed by atoms with Crippen molar-refractivity contribution >= 4 is 17.4 Å². The molecule has 144 valence electrons. The normalized spacial score (nSPS) is 20.0. The van der Waals surface area contributed by atoms with Crippen LogP contribution in [0.4, 0.5) is 0 Å². The van der Waals surface area contributed by atoms with Crippen LogP contribution in [-0.2, 0) is 9.59 Å². The van der Waals surface area contributed by atoms with Crippen LogP contribution in [-0.4, -0.2) is 40.0 Å². The Labute approximate surface area is 162 Å². The summed E-state index contributed by atoms with van der Waals surface area (Å²) in [5.41, 5.74) is 1.14. The summed E-state index contributed by atoms with van der Waals surface area (Å²) in [7, 11) is 0. The third kappa shape index (κ3) is 2.98. The highest BCUT2D eigenvalue weighted by Gasteiger charge is 2.45. The lowest BCUT2D eigenvalue weighted by Crippen LogP contribution is -2.30. The van der Waals surface area contributed by atoms with Gasteiger partial charge in [-0.05, 0) is 36.2 Å². The van der Waals surface area contributed by atoms with Crippen molar-refractivity contribution in [2.75, 3.05) is 13.3 Å². The van der Waals surface area contributed by atoms with Crippen molar-refractivity contribution in [1.29, 1.82) is 0 Å². The first-order valence-electron chi connectivity index (χ1n) is 9.20. The van der Waals surface area contributed by atoms with Gasteiger partial charge in [0.05, 0.1) is 11.6 Å². The van der Waals surface area contributed by atoms with Crippen molar-refractivity contribution in [2.45, 2.75) is 25.8 Å². The molecule has 1 atom stereocenters. The molecule has 0 spiro atoms. The first-order chi connectivity index (χ1) is 13.6. The quantitative estimate of drug-likeness (QED) is 0.487. The van der Waals surface area contributed by atoms with E-state index in [0.717, 1.165) is 12.8 Å². The molecular weight excluding hydrogens is 360 g/mol. The highest BCUT2D eigenvalue weighted by atomic mass is 16.7. The van der Waals surface area contributed by atoms with Gasteiger partial charge in [-0.3, -0.25) is 14.6 Å². The molecule has 1 unspecified atom stereocenters. The molecule has 0 saturated carbocycles. The average Bonchev–Trinajstić information content (AvgIpc) is 3.29. The maximum atomic E-state index is 12.8. The molecule has 1 fully saturated rings. The topological polar surface area (TPSA) is 89.0 Å². The van der Waals surface area contributed by atoms with E-state index in [1.54, 1.807) is 42.7 Å². The first-order valence-corrected chi connectivity index (χ1v) is 9.20. The number of likely N-dealkylation sites (tertiary alicyclic amines) is 1. The van der Waals surface area contributed by atoms with E-state index in [-0.39, 0.29) is 18.1 Å². The summed E-state index contributed by atoms with van der Waals surface area (Å²) in [5, 5.41) is 11.0. The Morgan fingerprint density at radius 3 is 2.82 bits per heavy atom. The molecule has 4 rings (SSSR count). The molecule has 28 heavy (non-hydrogen) atoms. The molecule has 7 nitrogen and oxygen atoms in total. The van der Waals surface area contributed by atoms with Crippen LogP contribution in [0.25, 0.3) is 5.76 Å². The number of aliphatic hydroxyl groups excluding tert-OH is 1. The lowest BCUT2D eigenvalue weighted by molar-refractivity contribution is -0.139. The van der Waals surface area contributed by atoms with Crippen LogP contribution in [0.15, 0.2) is 48.3 Å². The third-order valence-electron chi connectivity index (χ3n) is 4.94. The third-order valence-corrected chi connectivity index (χ3v) is 4.94. The van der Waals surface area contributed by atoms with Crippen LogP contribution in [0.2, 0.25) is 0 Å². The van der Waals surface area contributed by atoms with Crippen molar-refractivity contribution in [2.24, 2.45) is 0 Å². The minimum Gasteiger partial charge on any atom is -0.507 e. The Morgan fingerprint density at radius 1 is 1.25 bits per heavy atom. The fourth-order valence-electron chi connectivity index (χ4n) is 3.52. The molecule has 1 N–H and O–H groups in total. The zero-order valence-electron chi connectivity index (χ0n) is 15.4. The molecular formula is C21H20N2O5. The average molecular weight is 380 g/mol. The predicted octanol–water partition coefficient (Wildman–Crippen LogP) is 3.03. The Bertz CT molecular complexity index is 955. The first kappa shape index (κ1) is 18.0. The van der Waals surface area contributed by atoms with E-state index in [1.165, 1.54) is 4.90 Å².